The van der Waals surface area contributed by atoms with Crippen molar-refractivity contribution in [2.75, 3.05) is 5.75 Å². The lowest BCUT2D eigenvalue weighted by Gasteiger charge is -2.12. The molecule has 30 heavy (non-hydrogen) atoms. The molecule has 2 heterocycles. The predicted octanol–water partition coefficient (Wildman–Crippen LogP) is 1.51. The summed E-state index contributed by atoms with van der Waals surface area (Å²) in [6, 6.07) is 12.3. The van der Waals surface area contributed by atoms with Crippen LogP contribution >= 0.6 is 11.8 Å². The molecule has 0 saturated heterocycles. The largest absolute Gasteiger partial charge is 0.494 e. The summed E-state index contributed by atoms with van der Waals surface area (Å²) < 4.78 is 7.01. The Morgan fingerprint density at radius 3 is 2.53 bits per heavy atom. The van der Waals surface area contributed by atoms with Gasteiger partial charge in [0.05, 0.1) is 24.2 Å². The van der Waals surface area contributed by atoms with Crippen molar-refractivity contribution in [3.8, 4) is 5.88 Å². The highest BCUT2D eigenvalue weighted by atomic mass is 32.2. The number of aromatic nitrogens is 2. The molecule has 0 saturated carbocycles. The predicted molar refractivity (Wildman–Crippen MR) is 114 cm³/mol. The number of thioether (sulfide) groups is 1. The Hall–Kier alpha value is -3.53. The standard InChI is InChI=1S/C20H20N4O5S/c1-23-18(26)16(19(27)24(2)20(23)28)17(22-13-7-4-3-5-8-13)30-12-15(25)21-11-14-9-6-10-29-14/h3-10,26H,11-12H2,1-2H3,(H,21,25). The minimum Gasteiger partial charge on any atom is -0.494 e. The van der Waals surface area contributed by atoms with Gasteiger partial charge in [-0.15, -0.1) is 0 Å². The average molecular weight is 428 g/mol. The molecule has 1 aromatic carbocycles. The molecule has 3 aromatic rings. The van der Waals surface area contributed by atoms with E-state index in [2.05, 4.69) is 10.3 Å². The van der Waals surface area contributed by atoms with E-state index >= 15 is 0 Å². The van der Waals surface area contributed by atoms with Crippen molar-refractivity contribution >= 4 is 28.4 Å². The van der Waals surface area contributed by atoms with E-state index in [0.717, 1.165) is 20.9 Å². The van der Waals surface area contributed by atoms with Crippen LogP contribution < -0.4 is 16.6 Å². The van der Waals surface area contributed by atoms with Crippen LogP contribution in [0.4, 0.5) is 5.69 Å². The normalized spacial score (nSPS) is 11.5. The number of aromatic hydroxyl groups is 1. The van der Waals surface area contributed by atoms with Crippen molar-refractivity contribution in [1.82, 2.24) is 14.5 Å². The number of nitrogens with one attached hydrogen (secondary N) is 1. The van der Waals surface area contributed by atoms with E-state index in [1.807, 2.05) is 6.07 Å². The van der Waals surface area contributed by atoms with Gasteiger partial charge >= 0.3 is 5.69 Å². The first-order valence-electron chi connectivity index (χ1n) is 8.93. The maximum Gasteiger partial charge on any atom is 0.333 e. The van der Waals surface area contributed by atoms with Crippen molar-refractivity contribution in [3.63, 3.8) is 0 Å². The van der Waals surface area contributed by atoms with Gasteiger partial charge in [-0.3, -0.25) is 18.7 Å². The molecule has 0 radical (unpaired) electrons. The van der Waals surface area contributed by atoms with Crippen molar-refractivity contribution < 1.29 is 14.3 Å². The summed E-state index contributed by atoms with van der Waals surface area (Å²) in [6.07, 6.45) is 1.51. The van der Waals surface area contributed by atoms with E-state index in [9.17, 15) is 19.5 Å². The molecule has 9 nitrogen and oxygen atoms in total. The Morgan fingerprint density at radius 2 is 1.87 bits per heavy atom. The lowest BCUT2D eigenvalue weighted by Crippen LogP contribution is -2.39. The first-order valence-corrected chi connectivity index (χ1v) is 9.92. The third-order valence-corrected chi connectivity index (χ3v) is 5.19. The maximum atomic E-state index is 12.7. The zero-order valence-corrected chi connectivity index (χ0v) is 17.2. The Labute approximate surface area is 175 Å². The monoisotopic (exact) mass is 428 g/mol. The second-order valence-corrected chi connectivity index (χ2v) is 7.27. The fourth-order valence-corrected chi connectivity index (χ4v) is 3.45. The van der Waals surface area contributed by atoms with Crippen LogP contribution in [0.5, 0.6) is 5.88 Å². The van der Waals surface area contributed by atoms with Crippen LogP contribution in [-0.2, 0) is 25.4 Å². The number of carbonyl (C=O) groups excluding carboxylic acids is 1. The summed E-state index contributed by atoms with van der Waals surface area (Å²) >= 11 is 0.985. The molecule has 10 heteroatoms. The molecular formula is C20H20N4O5S. The van der Waals surface area contributed by atoms with Gasteiger partial charge in [-0.25, -0.2) is 9.79 Å². The van der Waals surface area contributed by atoms with Gasteiger partial charge in [0, 0.05) is 14.1 Å². The second-order valence-electron chi connectivity index (χ2n) is 6.30. The number of aliphatic imine (C=N–C) groups is 1. The van der Waals surface area contributed by atoms with Crippen LogP contribution in [0.1, 0.15) is 11.3 Å². The van der Waals surface area contributed by atoms with Gasteiger partial charge in [0.15, 0.2) is 0 Å². The first-order chi connectivity index (χ1) is 14.4. The molecule has 0 atom stereocenters. The molecule has 0 bridgehead atoms. The van der Waals surface area contributed by atoms with E-state index in [-0.39, 0.29) is 28.8 Å². The Bertz CT molecular complexity index is 1180. The molecule has 0 fully saturated rings. The Morgan fingerprint density at radius 1 is 1.13 bits per heavy atom. The van der Waals surface area contributed by atoms with Crippen molar-refractivity contribution in [1.29, 1.82) is 0 Å². The van der Waals surface area contributed by atoms with Gasteiger partial charge in [-0.1, -0.05) is 30.0 Å². The highest BCUT2D eigenvalue weighted by Crippen LogP contribution is 2.22. The van der Waals surface area contributed by atoms with E-state index < -0.39 is 17.1 Å². The number of furan rings is 1. The molecule has 3 rings (SSSR count). The molecule has 0 unspecified atom stereocenters. The van der Waals surface area contributed by atoms with Gasteiger partial charge in [-0.2, -0.15) is 0 Å². The first kappa shape index (κ1) is 21.2. The fourth-order valence-electron chi connectivity index (χ4n) is 2.58. The quantitative estimate of drug-likeness (QED) is 0.454. The highest BCUT2D eigenvalue weighted by molar-refractivity contribution is 8.15. The smallest absolute Gasteiger partial charge is 0.333 e. The third-order valence-electron chi connectivity index (χ3n) is 4.21. The molecular weight excluding hydrogens is 408 g/mol. The summed E-state index contributed by atoms with van der Waals surface area (Å²) in [4.78, 5) is 41.4. The lowest BCUT2D eigenvalue weighted by atomic mass is 10.3. The molecule has 0 aliphatic rings. The molecule has 156 valence electrons. The summed E-state index contributed by atoms with van der Waals surface area (Å²) in [5.74, 6) is -0.270. The van der Waals surface area contributed by atoms with Gasteiger partial charge in [0.2, 0.25) is 11.8 Å². The number of hydrogen-bond acceptors (Lipinski definition) is 7. The van der Waals surface area contributed by atoms with Crippen molar-refractivity contribution in [2.45, 2.75) is 6.54 Å². The highest BCUT2D eigenvalue weighted by Gasteiger charge is 2.21. The van der Waals surface area contributed by atoms with Crippen LogP contribution in [0.25, 0.3) is 0 Å². The van der Waals surface area contributed by atoms with Crippen molar-refractivity contribution in [2.24, 2.45) is 19.1 Å². The third kappa shape index (κ3) is 4.71. The molecule has 0 aliphatic carbocycles. The Balaban J connectivity index is 1.91. The SMILES string of the molecule is Cn1c(O)c(C(=Nc2ccccc2)SCC(=O)NCc2ccco2)c(=O)n(C)c1=O. The lowest BCUT2D eigenvalue weighted by molar-refractivity contribution is -0.118. The zero-order chi connectivity index (χ0) is 21.7. The number of para-hydroxylation sites is 1. The average Bonchev–Trinajstić information content (AvgIpc) is 3.27. The van der Waals surface area contributed by atoms with Gasteiger partial charge < -0.3 is 14.8 Å². The summed E-state index contributed by atoms with van der Waals surface area (Å²) in [6.45, 7) is 0.227. The fraction of sp³-hybridized carbons (Fsp3) is 0.200. The number of benzene rings is 1. The summed E-state index contributed by atoms with van der Waals surface area (Å²) in [5.41, 5.74) is -0.978. The number of hydrogen-bond donors (Lipinski definition) is 2. The summed E-state index contributed by atoms with van der Waals surface area (Å²) in [5, 5.41) is 13.3. The molecule has 2 N–H and O–H groups in total. The molecule has 0 aliphatic heterocycles. The number of amides is 1. The van der Waals surface area contributed by atoms with Gasteiger partial charge in [0.1, 0.15) is 16.4 Å². The van der Waals surface area contributed by atoms with E-state index in [4.69, 9.17) is 4.42 Å². The number of nitrogens with zero attached hydrogens (tertiary/aromatic N) is 3. The number of carbonyl (C=O) groups is 1. The molecule has 0 spiro atoms. The second kappa shape index (κ2) is 9.31. The minimum absolute atomic E-state index is 0.0577. The number of rotatable bonds is 6. The van der Waals surface area contributed by atoms with Gasteiger partial charge in [0.25, 0.3) is 5.56 Å². The maximum absolute atomic E-state index is 12.7. The van der Waals surface area contributed by atoms with E-state index in [1.54, 1.807) is 36.4 Å². The van der Waals surface area contributed by atoms with E-state index in [0.29, 0.717) is 11.4 Å². The van der Waals surface area contributed by atoms with Crippen LogP contribution in [0.15, 0.2) is 67.7 Å². The topological polar surface area (TPSA) is 119 Å². The Kier molecular flexibility index (Phi) is 6.58. The molecule has 1 amide bonds. The van der Waals surface area contributed by atoms with Crippen LogP contribution in [0, 0.1) is 0 Å². The minimum atomic E-state index is -0.700. The van der Waals surface area contributed by atoms with Gasteiger partial charge in [-0.05, 0) is 24.3 Å². The van der Waals surface area contributed by atoms with E-state index in [1.165, 1.54) is 20.4 Å². The molecule has 2 aromatic heterocycles. The van der Waals surface area contributed by atoms with Crippen LogP contribution in [0.2, 0.25) is 0 Å². The van der Waals surface area contributed by atoms with Crippen molar-refractivity contribution in [3.05, 3.63) is 80.9 Å². The van der Waals surface area contributed by atoms with Crippen LogP contribution in [0.3, 0.4) is 0 Å². The zero-order valence-electron chi connectivity index (χ0n) is 16.4. The van der Waals surface area contributed by atoms with Crippen LogP contribution in [-0.4, -0.2) is 30.9 Å². The summed E-state index contributed by atoms with van der Waals surface area (Å²) in [7, 11) is 2.66.